The Morgan fingerprint density at radius 2 is 2.09 bits per heavy atom. The summed E-state index contributed by atoms with van der Waals surface area (Å²) in [7, 11) is 0. The lowest BCUT2D eigenvalue weighted by Gasteiger charge is -2.02. The second kappa shape index (κ2) is 3.43. The smallest absolute Gasteiger partial charge is 0.122 e. The molecule has 2 nitrogen and oxygen atoms in total. The van der Waals surface area contributed by atoms with Gasteiger partial charge in [-0.25, -0.2) is 0 Å². The zero-order chi connectivity index (χ0) is 8.43. The Kier molecular flexibility index (Phi) is 2.76. The van der Waals surface area contributed by atoms with Crippen molar-refractivity contribution in [1.29, 1.82) is 0 Å². The van der Waals surface area contributed by atoms with Crippen LogP contribution in [0.1, 0.15) is 5.56 Å². The fourth-order valence-corrected chi connectivity index (χ4v) is 1.22. The Bertz CT molecular complexity index is 275. The van der Waals surface area contributed by atoms with Crippen LogP contribution in [0, 0.1) is 0 Å². The summed E-state index contributed by atoms with van der Waals surface area (Å²) in [6.07, 6.45) is 0. The highest BCUT2D eigenvalue weighted by molar-refractivity contribution is 9.10. The van der Waals surface area contributed by atoms with E-state index < -0.39 is 0 Å². The van der Waals surface area contributed by atoms with Gasteiger partial charge in [0.15, 0.2) is 0 Å². The summed E-state index contributed by atoms with van der Waals surface area (Å²) in [5.41, 5.74) is 0.429. The Hall–Kier alpha value is -0.250. The van der Waals surface area contributed by atoms with E-state index in [1.54, 1.807) is 0 Å². The number of phenols is 1. The molecule has 0 radical (unpaired) electrons. The number of hydrogen-bond donors (Lipinski definition) is 2. The summed E-state index contributed by atoms with van der Waals surface area (Å²) < 4.78 is 0.619. The Morgan fingerprint density at radius 1 is 1.45 bits per heavy atom. The van der Waals surface area contributed by atoms with Gasteiger partial charge in [-0.2, -0.15) is 0 Å². The highest BCUT2D eigenvalue weighted by Crippen LogP contribution is 2.29. The lowest BCUT2D eigenvalue weighted by Crippen LogP contribution is -1.84. The molecule has 1 aromatic rings. The lowest BCUT2D eigenvalue weighted by atomic mass is 10.2. The SMILES string of the molecule is OCc1cc(Cl)c(Br)cc1O. The molecule has 2 N–H and O–H groups in total. The summed E-state index contributed by atoms with van der Waals surface area (Å²) in [6.45, 7) is -0.209. The van der Waals surface area contributed by atoms with Crippen molar-refractivity contribution in [3.8, 4) is 5.75 Å². The van der Waals surface area contributed by atoms with Gasteiger partial charge in [0.2, 0.25) is 0 Å². The molecule has 0 saturated heterocycles. The number of rotatable bonds is 1. The van der Waals surface area contributed by atoms with Crippen LogP contribution in [-0.2, 0) is 6.61 Å². The Labute approximate surface area is 77.6 Å². The first-order valence-electron chi connectivity index (χ1n) is 2.93. The van der Waals surface area contributed by atoms with E-state index in [-0.39, 0.29) is 12.4 Å². The van der Waals surface area contributed by atoms with E-state index in [1.165, 1.54) is 12.1 Å². The number of aliphatic hydroxyl groups is 1. The molecule has 4 heteroatoms. The number of aromatic hydroxyl groups is 1. The zero-order valence-corrected chi connectivity index (χ0v) is 7.85. The summed E-state index contributed by atoms with van der Waals surface area (Å²) in [5.74, 6) is 0.0452. The van der Waals surface area contributed by atoms with Crippen LogP contribution in [0.3, 0.4) is 0 Å². The van der Waals surface area contributed by atoms with Crippen LogP contribution in [0.5, 0.6) is 5.75 Å². The number of hydrogen-bond acceptors (Lipinski definition) is 2. The molecule has 0 aromatic heterocycles. The average molecular weight is 237 g/mol. The normalized spacial score (nSPS) is 10.1. The van der Waals surface area contributed by atoms with Crippen LogP contribution in [0.4, 0.5) is 0 Å². The van der Waals surface area contributed by atoms with Gasteiger partial charge in [0.05, 0.1) is 11.6 Å². The van der Waals surface area contributed by atoms with Gasteiger partial charge in [-0.15, -0.1) is 0 Å². The predicted octanol–water partition coefficient (Wildman–Crippen LogP) is 2.30. The molecule has 0 aliphatic rings. The molecule has 0 aliphatic carbocycles. The van der Waals surface area contributed by atoms with Gasteiger partial charge in [0, 0.05) is 10.0 Å². The highest BCUT2D eigenvalue weighted by Gasteiger charge is 2.04. The maximum atomic E-state index is 9.17. The van der Waals surface area contributed by atoms with Crippen molar-refractivity contribution < 1.29 is 10.2 Å². The van der Waals surface area contributed by atoms with Crippen molar-refractivity contribution in [2.75, 3.05) is 0 Å². The monoisotopic (exact) mass is 236 g/mol. The predicted molar refractivity (Wildman–Crippen MR) is 46.7 cm³/mol. The molecule has 0 fully saturated rings. The number of halogens is 2. The molecule has 0 aliphatic heterocycles. The molecule has 0 unspecified atom stereocenters. The first-order chi connectivity index (χ1) is 5.15. The zero-order valence-electron chi connectivity index (χ0n) is 5.51. The topological polar surface area (TPSA) is 40.5 Å². The third-order valence-electron chi connectivity index (χ3n) is 1.29. The summed E-state index contributed by atoms with van der Waals surface area (Å²) >= 11 is 8.83. The third-order valence-corrected chi connectivity index (χ3v) is 2.49. The highest BCUT2D eigenvalue weighted by atomic mass is 79.9. The van der Waals surface area contributed by atoms with Gasteiger partial charge in [-0.3, -0.25) is 0 Å². The molecular weight excluding hydrogens is 231 g/mol. The fraction of sp³-hybridized carbons (Fsp3) is 0.143. The van der Waals surface area contributed by atoms with E-state index in [9.17, 15) is 0 Å². The van der Waals surface area contributed by atoms with Crippen molar-refractivity contribution in [1.82, 2.24) is 0 Å². The second-order valence-corrected chi connectivity index (χ2v) is 3.31. The van der Waals surface area contributed by atoms with Gasteiger partial charge in [0.1, 0.15) is 5.75 Å². The third kappa shape index (κ3) is 1.86. The maximum absolute atomic E-state index is 9.17. The number of aliphatic hydroxyl groups excluding tert-OH is 1. The molecule has 0 atom stereocenters. The molecule has 0 spiro atoms. The van der Waals surface area contributed by atoms with Crippen molar-refractivity contribution in [2.24, 2.45) is 0 Å². The fourth-order valence-electron chi connectivity index (χ4n) is 0.704. The van der Waals surface area contributed by atoms with Gasteiger partial charge in [-0.05, 0) is 28.1 Å². The molecule has 60 valence electrons. The van der Waals surface area contributed by atoms with Crippen LogP contribution >= 0.6 is 27.5 Å². The minimum absolute atomic E-state index is 0.0452. The lowest BCUT2D eigenvalue weighted by molar-refractivity contribution is 0.275. The molecule has 11 heavy (non-hydrogen) atoms. The second-order valence-electron chi connectivity index (χ2n) is 2.05. The first-order valence-corrected chi connectivity index (χ1v) is 4.10. The Morgan fingerprint density at radius 3 is 2.64 bits per heavy atom. The van der Waals surface area contributed by atoms with Crippen molar-refractivity contribution in [3.63, 3.8) is 0 Å². The summed E-state index contributed by atoms with van der Waals surface area (Å²) in [6, 6.07) is 2.97. The molecule has 0 amide bonds. The van der Waals surface area contributed by atoms with E-state index in [0.29, 0.717) is 15.1 Å². The molecular formula is C7H6BrClO2. The first kappa shape index (κ1) is 8.84. The molecule has 0 heterocycles. The van der Waals surface area contributed by atoms with E-state index in [1.807, 2.05) is 0 Å². The van der Waals surface area contributed by atoms with Gasteiger partial charge in [0.25, 0.3) is 0 Å². The quantitative estimate of drug-likeness (QED) is 0.787. The van der Waals surface area contributed by atoms with Crippen LogP contribution in [0.15, 0.2) is 16.6 Å². The summed E-state index contributed by atoms with van der Waals surface area (Å²) in [4.78, 5) is 0. The molecule has 1 aromatic carbocycles. The standard InChI is InChI=1S/C7H6BrClO2/c8-5-2-7(11)4(3-10)1-6(5)9/h1-2,10-11H,3H2. The van der Waals surface area contributed by atoms with Crippen molar-refractivity contribution in [3.05, 3.63) is 27.2 Å². The van der Waals surface area contributed by atoms with Crippen molar-refractivity contribution in [2.45, 2.75) is 6.61 Å². The average Bonchev–Trinajstić information content (AvgIpc) is 1.97. The van der Waals surface area contributed by atoms with Crippen LogP contribution in [0.2, 0.25) is 5.02 Å². The van der Waals surface area contributed by atoms with E-state index in [0.717, 1.165) is 0 Å². The minimum atomic E-state index is -0.209. The Balaban J connectivity index is 3.21. The van der Waals surface area contributed by atoms with E-state index in [2.05, 4.69) is 15.9 Å². The molecule has 1 rings (SSSR count). The van der Waals surface area contributed by atoms with E-state index in [4.69, 9.17) is 21.8 Å². The number of benzene rings is 1. The van der Waals surface area contributed by atoms with Crippen LogP contribution in [0.25, 0.3) is 0 Å². The molecule has 0 bridgehead atoms. The largest absolute Gasteiger partial charge is 0.508 e. The van der Waals surface area contributed by atoms with Gasteiger partial charge >= 0.3 is 0 Å². The maximum Gasteiger partial charge on any atom is 0.122 e. The minimum Gasteiger partial charge on any atom is -0.508 e. The van der Waals surface area contributed by atoms with Crippen molar-refractivity contribution >= 4 is 27.5 Å². The van der Waals surface area contributed by atoms with E-state index >= 15 is 0 Å². The van der Waals surface area contributed by atoms with Crippen LogP contribution in [-0.4, -0.2) is 10.2 Å². The van der Waals surface area contributed by atoms with Crippen LogP contribution < -0.4 is 0 Å². The van der Waals surface area contributed by atoms with Gasteiger partial charge in [-0.1, -0.05) is 11.6 Å². The van der Waals surface area contributed by atoms with Gasteiger partial charge < -0.3 is 10.2 Å². The summed E-state index contributed by atoms with van der Waals surface area (Å²) in [5, 5.41) is 18.3. The molecule has 0 saturated carbocycles.